The molecule has 2 unspecified atom stereocenters. The number of hydrogen-bond donors (Lipinski definition) is 3. The number of nitrogens with one attached hydrogen (secondary N) is 1. The molecule has 0 aromatic carbocycles. The summed E-state index contributed by atoms with van der Waals surface area (Å²) in [7, 11) is -4.34. The van der Waals surface area contributed by atoms with E-state index in [0.29, 0.717) is 6.42 Å². The lowest BCUT2D eigenvalue weighted by Gasteiger charge is -2.21. The van der Waals surface area contributed by atoms with Crippen molar-refractivity contribution >= 4 is 16.0 Å². The standard InChI is InChI=1S/C45H89NO5S/c1-3-5-7-9-11-13-15-17-19-20-21-22-23-24-25-27-29-31-33-35-37-39-41-45(48)46-43(42-52(49,50)51)44(47)40-38-36-34-32-30-28-26-18-16-14-12-10-8-6-4-2/h38,40,43-44,47H,3-37,39,41-42H2,1-2H3,(H,46,48)(H,49,50,51)/b40-38+. The second-order valence-corrected chi connectivity index (χ2v) is 17.5. The summed E-state index contributed by atoms with van der Waals surface area (Å²) in [5.74, 6) is -0.965. The van der Waals surface area contributed by atoms with Gasteiger partial charge in [0.2, 0.25) is 5.91 Å². The van der Waals surface area contributed by atoms with Crippen molar-refractivity contribution in [3.8, 4) is 0 Å². The van der Waals surface area contributed by atoms with Crippen molar-refractivity contribution in [1.82, 2.24) is 5.32 Å². The maximum Gasteiger partial charge on any atom is 0.267 e. The predicted molar refractivity (Wildman–Crippen MR) is 226 cm³/mol. The molecule has 7 heteroatoms. The molecule has 52 heavy (non-hydrogen) atoms. The Morgan fingerprint density at radius 2 is 0.788 bits per heavy atom. The Morgan fingerprint density at radius 1 is 0.500 bits per heavy atom. The molecule has 3 N–H and O–H groups in total. The highest BCUT2D eigenvalue weighted by Gasteiger charge is 2.24. The van der Waals surface area contributed by atoms with Gasteiger partial charge in [0.15, 0.2) is 0 Å². The fraction of sp³-hybridized carbons (Fsp3) is 0.933. The third-order valence-electron chi connectivity index (χ3n) is 10.7. The van der Waals surface area contributed by atoms with Crippen LogP contribution in [0, 0.1) is 0 Å². The summed E-state index contributed by atoms with van der Waals surface area (Å²) >= 11 is 0. The van der Waals surface area contributed by atoms with Gasteiger partial charge in [-0.05, 0) is 19.3 Å². The maximum atomic E-state index is 12.5. The average molecular weight is 756 g/mol. The van der Waals surface area contributed by atoms with Crippen molar-refractivity contribution in [2.75, 3.05) is 5.75 Å². The van der Waals surface area contributed by atoms with Crippen molar-refractivity contribution in [2.45, 2.75) is 264 Å². The Morgan fingerprint density at radius 3 is 1.10 bits per heavy atom. The number of amides is 1. The van der Waals surface area contributed by atoms with Crippen LogP contribution in [0.25, 0.3) is 0 Å². The Kier molecular flexibility index (Phi) is 39.1. The van der Waals surface area contributed by atoms with Gasteiger partial charge in [-0.2, -0.15) is 8.42 Å². The van der Waals surface area contributed by atoms with E-state index in [9.17, 15) is 22.9 Å². The van der Waals surface area contributed by atoms with Crippen LogP contribution in [-0.4, -0.2) is 41.9 Å². The van der Waals surface area contributed by atoms with Crippen LogP contribution >= 0.6 is 0 Å². The van der Waals surface area contributed by atoms with Crippen molar-refractivity contribution in [1.29, 1.82) is 0 Å². The number of aliphatic hydroxyl groups is 1. The van der Waals surface area contributed by atoms with Gasteiger partial charge in [-0.25, -0.2) is 0 Å². The smallest absolute Gasteiger partial charge is 0.267 e. The van der Waals surface area contributed by atoms with Crippen LogP contribution in [0.15, 0.2) is 12.2 Å². The summed E-state index contributed by atoms with van der Waals surface area (Å²) in [4.78, 5) is 12.5. The summed E-state index contributed by atoms with van der Waals surface area (Å²) in [6, 6.07) is -1.05. The molecule has 2 atom stereocenters. The first kappa shape index (κ1) is 51.1. The second-order valence-electron chi connectivity index (χ2n) is 16.0. The topological polar surface area (TPSA) is 104 Å². The van der Waals surface area contributed by atoms with Crippen molar-refractivity contribution in [3.05, 3.63) is 12.2 Å². The fourth-order valence-corrected chi connectivity index (χ4v) is 8.01. The lowest BCUT2D eigenvalue weighted by atomic mass is 10.0. The third kappa shape index (κ3) is 40.3. The van der Waals surface area contributed by atoms with Gasteiger partial charge in [-0.1, -0.05) is 238 Å². The van der Waals surface area contributed by atoms with Gasteiger partial charge in [-0.15, -0.1) is 0 Å². The molecular weight excluding hydrogens is 667 g/mol. The monoisotopic (exact) mass is 756 g/mol. The SMILES string of the molecule is CCCCCCCCCCCCCCC/C=C/C(O)C(CS(=O)(=O)O)NC(=O)CCCCCCCCCCCCCCCCCCCCCCCC. The van der Waals surface area contributed by atoms with Crippen LogP contribution in [0.3, 0.4) is 0 Å². The Hall–Kier alpha value is -0.920. The molecule has 0 saturated carbocycles. The highest BCUT2D eigenvalue weighted by atomic mass is 32.2. The van der Waals surface area contributed by atoms with Crippen LogP contribution in [0.2, 0.25) is 0 Å². The molecule has 0 aliphatic rings. The third-order valence-corrected chi connectivity index (χ3v) is 11.5. The van der Waals surface area contributed by atoms with E-state index in [-0.39, 0.29) is 5.91 Å². The Balaban J connectivity index is 3.78. The molecule has 0 saturated heterocycles. The Labute approximate surface area is 324 Å². The van der Waals surface area contributed by atoms with Gasteiger partial charge < -0.3 is 10.4 Å². The van der Waals surface area contributed by atoms with Crippen molar-refractivity contribution in [2.24, 2.45) is 0 Å². The molecule has 0 aliphatic heterocycles. The molecule has 0 aromatic rings. The number of carbonyl (C=O) groups is 1. The number of carbonyl (C=O) groups excluding carboxylic acids is 1. The van der Waals surface area contributed by atoms with Gasteiger partial charge in [0.05, 0.1) is 17.9 Å². The highest BCUT2D eigenvalue weighted by Crippen LogP contribution is 2.16. The predicted octanol–water partition coefficient (Wildman–Crippen LogP) is 13.7. The van der Waals surface area contributed by atoms with E-state index in [1.165, 1.54) is 193 Å². The lowest BCUT2D eigenvalue weighted by molar-refractivity contribution is -0.122. The summed E-state index contributed by atoms with van der Waals surface area (Å²) in [6.45, 7) is 4.54. The summed E-state index contributed by atoms with van der Waals surface area (Å²) in [5, 5.41) is 13.3. The summed E-state index contributed by atoms with van der Waals surface area (Å²) in [5.41, 5.74) is 0. The Bertz CT molecular complexity index is 877. The van der Waals surface area contributed by atoms with Gasteiger partial charge >= 0.3 is 0 Å². The molecule has 0 aromatic heterocycles. The molecule has 0 heterocycles. The number of hydrogen-bond acceptors (Lipinski definition) is 4. The van der Waals surface area contributed by atoms with E-state index in [1.807, 2.05) is 6.08 Å². The average Bonchev–Trinajstić information content (AvgIpc) is 3.11. The first-order valence-electron chi connectivity index (χ1n) is 22.9. The summed E-state index contributed by atoms with van der Waals surface area (Å²) in [6.07, 6.45) is 49.2. The quantitative estimate of drug-likeness (QED) is 0.0327. The second kappa shape index (κ2) is 39.8. The number of unbranched alkanes of at least 4 members (excludes halogenated alkanes) is 34. The minimum atomic E-state index is -4.34. The van der Waals surface area contributed by atoms with E-state index < -0.39 is 28.0 Å². The van der Waals surface area contributed by atoms with Crippen LogP contribution in [0.1, 0.15) is 251 Å². The van der Waals surface area contributed by atoms with E-state index in [4.69, 9.17) is 0 Å². The normalized spacial score (nSPS) is 13.2. The van der Waals surface area contributed by atoms with Gasteiger partial charge in [0, 0.05) is 6.42 Å². The minimum absolute atomic E-state index is 0.272. The lowest BCUT2D eigenvalue weighted by Crippen LogP contribution is -2.46. The number of rotatable bonds is 42. The fourth-order valence-electron chi connectivity index (χ4n) is 7.28. The van der Waals surface area contributed by atoms with E-state index in [1.54, 1.807) is 6.08 Å². The van der Waals surface area contributed by atoms with Crippen molar-refractivity contribution < 1.29 is 22.9 Å². The molecule has 0 radical (unpaired) electrons. The van der Waals surface area contributed by atoms with E-state index >= 15 is 0 Å². The van der Waals surface area contributed by atoms with Crippen LogP contribution < -0.4 is 5.32 Å². The molecule has 0 aliphatic carbocycles. The summed E-state index contributed by atoms with van der Waals surface area (Å²) < 4.78 is 32.5. The molecule has 0 bridgehead atoms. The highest BCUT2D eigenvalue weighted by molar-refractivity contribution is 7.85. The zero-order valence-electron chi connectivity index (χ0n) is 34.7. The first-order chi connectivity index (χ1) is 25.3. The molecule has 0 spiro atoms. The zero-order chi connectivity index (χ0) is 38.2. The molecule has 0 rings (SSSR count). The van der Waals surface area contributed by atoms with Crippen LogP contribution in [-0.2, 0) is 14.9 Å². The van der Waals surface area contributed by atoms with E-state index in [2.05, 4.69) is 19.2 Å². The van der Waals surface area contributed by atoms with Crippen LogP contribution in [0.5, 0.6) is 0 Å². The number of allylic oxidation sites excluding steroid dienone is 1. The zero-order valence-corrected chi connectivity index (χ0v) is 35.5. The maximum absolute atomic E-state index is 12.5. The van der Waals surface area contributed by atoms with Crippen molar-refractivity contribution in [3.63, 3.8) is 0 Å². The largest absolute Gasteiger partial charge is 0.387 e. The number of aliphatic hydroxyl groups excluding tert-OH is 1. The minimum Gasteiger partial charge on any atom is -0.387 e. The molecule has 1 amide bonds. The van der Waals surface area contributed by atoms with Crippen LogP contribution in [0.4, 0.5) is 0 Å². The van der Waals surface area contributed by atoms with E-state index in [0.717, 1.165) is 38.5 Å². The van der Waals surface area contributed by atoms with Gasteiger partial charge in [0.25, 0.3) is 10.1 Å². The molecule has 0 fully saturated rings. The first-order valence-corrected chi connectivity index (χ1v) is 24.5. The molecular formula is C45H89NO5S. The molecule has 6 nitrogen and oxygen atoms in total. The van der Waals surface area contributed by atoms with Gasteiger partial charge in [-0.3, -0.25) is 9.35 Å². The molecule has 310 valence electrons. The van der Waals surface area contributed by atoms with Gasteiger partial charge in [0.1, 0.15) is 0 Å².